The number of aromatic nitrogens is 3. The largest absolute Gasteiger partial charge is 0.298 e. The second-order valence-corrected chi connectivity index (χ2v) is 5.16. The molecule has 0 unspecified atom stereocenters. The monoisotopic (exact) mass is 297 g/mol. The predicted octanol–water partition coefficient (Wildman–Crippen LogP) is 3.71. The first kappa shape index (κ1) is 13.5. The molecule has 0 spiro atoms. The lowest BCUT2D eigenvalue weighted by Gasteiger charge is -2.01. The molecular weight excluding hydrogens is 286 g/mol. The minimum absolute atomic E-state index is 0.525. The number of pyridine rings is 1. The van der Waals surface area contributed by atoms with Gasteiger partial charge >= 0.3 is 0 Å². The quantitative estimate of drug-likeness (QED) is 0.692. The van der Waals surface area contributed by atoms with E-state index in [-0.39, 0.29) is 0 Å². The van der Waals surface area contributed by atoms with E-state index in [1.165, 1.54) is 0 Å². The molecule has 2 aromatic heterocycles. The zero-order valence-electron chi connectivity index (χ0n) is 11.3. The van der Waals surface area contributed by atoms with Crippen molar-refractivity contribution in [1.82, 2.24) is 14.8 Å². The van der Waals surface area contributed by atoms with Crippen molar-refractivity contribution < 1.29 is 4.79 Å². The van der Waals surface area contributed by atoms with Crippen LogP contribution in [0.15, 0.2) is 48.9 Å². The minimum Gasteiger partial charge on any atom is -0.298 e. The van der Waals surface area contributed by atoms with E-state index in [2.05, 4.69) is 10.1 Å². The van der Waals surface area contributed by atoms with Crippen LogP contribution in [0, 0.1) is 6.92 Å². The summed E-state index contributed by atoms with van der Waals surface area (Å²) in [5, 5.41) is 5.15. The van der Waals surface area contributed by atoms with Gasteiger partial charge in [-0.25, -0.2) is 4.68 Å². The molecule has 3 aromatic rings. The highest BCUT2D eigenvalue weighted by Crippen LogP contribution is 2.23. The highest BCUT2D eigenvalue weighted by Gasteiger charge is 2.12. The van der Waals surface area contributed by atoms with Crippen molar-refractivity contribution in [3.63, 3.8) is 0 Å². The molecule has 4 nitrogen and oxygen atoms in total. The van der Waals surface area contributed by atoms with Crippen LogP contribution in [0.4, 0.5) is 0 Å². The normalized spacial score (nSPS) is 10.6. The van der Waals surface area contributed by atoms with Crippen molar-refractivity contribution in [3.05, 3.63) is 65.1 Å². The number of hydrogen-bond acceptors (Lipinski definition) is 3. The fourth-order valence-corrected chi connectivity index (χ4v) is 2.23. The summed E-state index contributed by atoms with van der Waals surface area (Å²) in [6.07, 6.45) is 5.97. The van der Waals surface area contributed by atoms with Crippen molar-refractivity contribution in [2.75, 3.05) is 0 Å². The third kappa shape index (κ3) is 2.71. The maximum atomic E-state index is 11.3. The van der Waals surface area contributed by atoms with Gasteiger partial charge in [0, 0.05) is 29.2 Å². The SMILES string of the molecule is Cc1cncc(-c2nn(-c3ccc(Cl)cc3)cc2C=O)c1. The van der Waals surface area contributed by atoms with E-state index in [4.69, 9.17) is 11.6 Å². The Morgan fingerprint density at radius 2 is 1.95 bits per heavy atom. The molecule has 0 atom stereocenters. The number of aldehydes is 1. The molecule has 0 fully saturated rings. The Hall–Kier alpha value is -2.46. The van der Waals surface area contributed by atoms with Crippen LogP contribution in [0.25, 0.3) is 16.9 Å². The highest BCUT2D eigenvalue weighted by molar-refractivity contribution is 6.30. The molecule has 5 heteroatoms. The zero-order chi connectivity index (χ0) is 14.8. The minimum atomic E-state index is 0.525. The van der Waals surface area contributed by atoms with Crippen LogP contribution in [-0.4, -0.2) is 21.1 Å². The summed E-state index contributed by atoms with van der Waals surface area (Å²) in [5.74, 6) is 0. The number of carbonyl (C=O) groups is 1. The number of nitrogens with zero attached hydrogens (tertiary/aromatic N) is 3. The van der Waals surface area contributed by atoms with Crippen LogP contribution < -0.4 is 0 Å². The molecule has 1 aromatic carbocycles. The van der Waals surface area contributed by atoms with E-state index < -0.39 is 0 Å². The Morgan fingerprint density at radius 3 is 2.62 bits per heavy atom. The lowest BCUT2D eigenvalue weighted by Crippen LogP contribution is -1.94. The van der Waals surface area contributed by atoms with Gasteiger partial charge in [-0.05, 0) is 42.8 Å². The van der Waals surface area contributed by atoms with Crippen molar-refractivity contribution in [2.24, 2.45) is 0 Å². The predicted molar refractivity (Wildman–Crippen MR) is 81.9 cm³/mol. The maximum Gasteiger partial charge on any atom is 0.153 e. The lowest BCUT2D eigenvalue weighted by molar-refractivity contribution is 0.112. The molecule has 0 amide bonds. The second-order valence-electron chi connectivity index (χ2n) is 4.72. The van der Waals surface area contributed by atoms with Crippen molar-refractivity contribution >= 4 is 17.9 Å². The molecule has 0 saturated heterocycles. The summed E-state index contributed by atoms with van der Waals surface area (Å²) in [5.41, 5.74) is 3.83. The Bertz CT molecular complexity index is 794. The first-order chi connectivity index (χ1) is 10.2. The van der Waals surface area contributed by atoms with Crippen LogP contribution in [0.5, 0.6) is 0 Å². The molecule has 0 aliphatic carbocycles. The third-order valence-corrected chi connectivity index (χ3v) is 3.36. The fraction of sp³-hybridized carbons (Fsp3) is 0.0625. The molecule has 0 bridgehead atoms. The summed E-state index contributed by atoms with van der Waals surface area (Å²) in [7, 11) is 0. The Kier molecular flexibility index (Phi) is 3.54. The standard InChI is InChI=1S/C16H12ClN3O/c1-11-6-12(8-18-7-11)16-13(10-21)9-20(19-16)15-4-2-14(17)3-5-15/h2-10H,1H3. The van der Waals surface area contributed by atoms with Gasteiger partial charge in [0.25, 0.3) is 0 Å². The summed E-state index contributed by atoms with van der Waals surface area (Å²) >= 11 is 5.88. The van der Waals surface area contributed by atoms with Gasteiger partial charge in [-0.3, -0.25) is 9.78 Å². The van der Waals surface area contributed by atoms with Crippen molar-refractivity contribution in [3.8, 4) is 16.9 Å². The zero-order valence-corrected chi connectivity index (χ0v) is 12.1. The van der Waals surface area contributed by atoms with E-state index in [0.29, 0.717) is 16.3 Å². The molecule has 3 rings (SSSR count). The fourth-order valence-electron chi connectivity index (χ4n) is 2.11. The Balaban J connectivity index is 2.10. The average Bonchev–Trinajstić information content (AvgIpc) is 2.92. The van der Waals surface area contributed by atoms with Gasteiger partial charge in [-0.1, -0.05) is 11.6 Å². The van der Waals surface area contributed by atoms with Crippen LogP contribution in [0.1, 0.15) is 15.9 Å². The molecule has 104 valence electrons. The van der Waals surface area contributed by atoms with Gasteiger partial charge < -0.3 is 0 Å². The van der Waals surface area contributed by atoms with Crippen molar-refractivity contribution in [2.45, 2.75) is 6.92 Å². The molecule has 0 aliphatic heterocycles. The summed E-state index contributed by atoms with van der Waals surface area (Å²) < 4.78 is 1.66. The smallest absolute Gasteiger partial charge is 0.153 e. The van der Waals surface area contributed by atoms with Gasteiger partial charge in [0.05, 0.1) is 11.3 Å². The van der Waals surface area contributed by atoms with Gasteiger partial charge in [-0.15, -0.1) is 0 Å². The van der Waals surface area contributed by atoms with E-state index in [1.807, 2.05) is 25.1 Å². The molecule has 2 heterocycles. The van der Waals surface area contributed by atoms with Crippen LogP contribution in [0.2, 0.25) is 5.02 Å². The number of aryl methyl sites for hydroxylation is 1. The first-order valence-corrected chi connectivity index (χ1v) is 6.78. The van der Waals surface area contributed by atoms with E-state index in [1.54, 1.807) is 35.4 Å². The topological polar surface area (TPSA) is 47.8 Å². The van der Waals surface area contributed by atoms with Gasteiger partial charge in [0.2, 0.25) is 0 Å². The van der Waals surface area contributed by atoms with E-state index in [0.717, 1.165) is 23.1 Å². The van der Waals surface area contributed by atoms with Crippen LogP contribution in [-0.2, 0) is 0 Å². The van der Waals surface area contributed by atoms with Gasteiger partial charge in [0.1, 0.15) is 5.69 Å². The number of hydrogen-bond donors (Lipinski definition) is 0. The van der Waals surface area contributed by atoms with Gasteiger partial charge in [0.15, 0.2) is 6.29 Å². The Labute approximate surface area is 127 Å². The highest BCUT2D eigenvalue weighted by atomic mass is 35.5. The first-order valence-electron chi connectivity index (χ1n) is 6.40. The maximum absolute atomic E-state index is 11.3. The molecule has 21 heavy (non-hydrogen) atoms. The summed E-state index contributed by atoms with van der Waals surface area (Å²) in [6.45, 7) is 1.95. The number of rotatable bonds is 3. The number of carbonyl (C=O) groups excluding carboxylic acids is 1. The molecule has 0 N–H and O–H groups in total. The molecule has 0 saturated carbocycles. The van der Waals surface area contributed by atoms with Crippen molar-refractivity contribution in [1.29, 1.82) is 0 Å². The number of halogens is 1. The lowest BCUT2D eigenvalue weighted by atomic mass is 10.1. The number of benzene rings is 1. The van der Waals surface area contributed by atoms with E-state index >= 15 is 0 Å². The third-order valence-electron chi connectivity index (χ3n) is 3.11. The van der Waals surface area contributed by atoms with Gasteiger partial charge in [-0.2, -0.15) is 5.10 Å². The summed E-state index contributed by atoms with van der Waals surface area (Å²) in [4.78, 5) is 15.4. The second kappa shape index (κ2) is 5.50. The Morgan fingerprint density at radius 1 is 1.19 bits per heavy atom. The summed E-state index contributed by atoms with van der Waals surface area (Å²) in [6, 6.07) is 9.22. The van der Waals surface area contributed by atoms with E-state index in [9.17, 15) is 4.79 Å². The molecular formula is C16H12ClN3O. The molecule has 0 aliphatic rings. The van der Waals surface area contributed by atoms with Crippen LogP contribution >= 0.6 is 11.6 Å². The van der Waals surface area contributed by atoms with Crippen LogP contribution in [0.3, 0.4) is 0 Å². The average molecular weight is 298 g/mol. The molecule has 0 radical (unpaired) electrons.